The van der Waals surface area contributed by atoms with Crippen LogP contribution < -0.4 is 0 Å². The van der Waals surface area contributed by atoms with E-state index in [4.69, 9.17) is 4.74 Å². The zero-order valence-corrected chi connectivity index (χ0v) is 16.2. The van der Waals surface area contributed by atoms with Crippen molar-refractivity contribution in [3.63, 3.8) is 0 Å². The van der Waals surface area contributed by atoms with Crippen molar-refractivity contribution in [2.24, 2.45) is 5.10 Å². The van der Waals surface area contributed by atoms with Crippen LogP contribution in [-0.2, 0) is 19.6 Å². The molecule has 4 rings (SSSR count). The van der Waals surface area contributed by atoms with Gasteiger partial charge < -0.3 is 4.74 Å². The lowest BCUT2D eigenvalue weighted by atomic mass is 9.91. The Bertz CT molecular complexity index is 1120. The Morgan fingerprint density at radius 3 is 2.55 bits per heavy atom. The highest BCUT2D eigenvalue weighted by atomic mass is 32.2. The number of carbonyl (C=O) groups is 1. The highest BCUT2D eigenvalue weighted by molar-refractivity contribution is 7.89. The normalized spacial score (nSPS) is 21.0. The number of ketones is 1. The number of Topliss-reactive ketones (excluding diaryl/α,β-unsaturated/α-hetero) is 1. The van der Waals surface area contributed by atoms with Gasteiger partial charge in [-0.2, -0.15) is 17.9 Å². The summed E-state index contributed by atoms with van der Waals surface area (Å²) in [5.74, 6) is -1.12. The number of ether oxygens (including phenoxy) is 1. The first-order valence-electron chi connectivity index (χ1n) is 8.85. The minimum absolute atomic E-state index is 0.0312. The topological polar surface area (TPSA) is 122 Å². The molecule has 2 aromatic rings. The molecule has 2 aliphatic rings. The van der Waals surface area contributed by atoms with Crippen LogP contribution in [0.4, 0.5) is 5.69 Å². The summed E-state index contributed by atoms with van der Waals surface area (Å²) in [6.45, 7) is 1.98. The van der Waals surface area contributed by atoms with E-state index in [1.807, 2.05) is 6.92 Å². The second-order valence-corrected chi connectivity index (χ2v) is 8.74. The summed E-state index contributed by atoms with van der Waals surface area (Å²) < 4.78 is 32.0. The predicted octanol–water partition coefficient (Wildman–Crippen LogP) is 2.02. The lowest BCUT2D eigenvalue weighted by Crippen LogP contribution is -2.27. The molecule has 0 unspecified atom stereocenters. The van der Waals surface area contributed by atoms with Gasteiger partial charge in [-0.1, -0.05) is 29.8 Å². The fourth-order valence-corrected chi connectivity index (χ4v) is 4.43. The van der Waals surface area contributed by atoms with Gasteiger partial charge in [-0.15, -0.1) is 0 Å². The number of hydrogen-bond acceptors (Lipinski definition) is 7. The molecule has 0 bridgehead atoms. The molecule has 2 atom stereocenters. The first-order chi connectivity index (χ1) is 13.8. The molecule has 0 aromatic heterocycles. The maximum absolute atomic E-state index is 13.0. The summed E-state index contributed by atoms with van der Waals surface area (Å²) in [7, 11) is -3.98. The number of nitro groups is 1. The van der Waals surface area contributed by atoms with E-state index in [1.165, 1.54) is 30.3 Å². The minimum Gasteiger partial charge on any atom is -0.364 e. The van der Waals surface area contributed by atoms with E-state index in [2.05, 4.69) is 5.10 Å². The second-order valence-electron chi connectivity index (χ2n) is 6.90. The Morgan fingerprint density at radius 2 is 1.93 bits per heavy atom. The number of sulfonamides is 1. The van der Waals surface area contributed by atoms with Crippen LogP contribution in [0.5, 0.6) is 0 Å². The van der Waals surface area contributed by atoms with Crippen molar-refractivity contribution < 1.29 is 22.9 Å². The molecule has 0 saturated carbocycles. The quantitative estimate of drug-likeness (QED) is 0.404. The lowest BCUT2D eigenvalue weighted by molar-refractivity contribution is -0.384. The molecule has 2 heterocycles. The summed E-state index contributed by atoms with van der Waals surface area (Å²) in [5, 5.41) is 15.2. The van der Waals surface area contributed by atoms with Gasteiger partial charge in [-0.25, -0.2) is 0 Å². The molecule has 1 fully saturated rings. The maximum atomic E-state index is 13.0. The van der Waals surface area contributed by atoms with E-state index in [-0.39, 0.29) is 29.4 Å². The van der Waals surface area contributed by atoms with Gasteiger partial charge >= 0.3 is 0 Å². The Balaban J connectivity index is 1.73. The highest BCUT2D eigenvalue weighted by Gasteiger charge is 2.44. The van der Waals surface area contributed by atoms with Crippen LogP contribution in [0, 0.1) is 17.0 Å². The van der Waals surface area contributed by atoms with E-state index in [0.29, 0.717) is 5.56 Å². The van der Waals surface area contributed by atoms with Crippen molar-refractivity contribution in [1.29, 1.82) is 0 Å². The van der Waals surface area contributed by atoms with Gasteiger partial charge in [0, 0.05) is 12.1 Å². The van der Waals surface area contributed by atoms with Crippen LogP contribution in [0.25, 0.3) is 0 Å². The smallest absolute Gasteiger partial charge is 0.279 e. The zero-order valence-electron chi connectivity index (χ0n) is 15.4. The molecule has 150 valence electrons. The Hall–Kier alpha value is -3.11. The zero-order chi connectivity index (χ0) is 20.8. The molecule has 0 amide bonds. The van der Waals surface area contributed by atoms with Crippen molar-refractivity contribution in [2.45, 2.75) is 23.8 Å². The summed E-state index contributed by atoms with van der Waals surface area (Å²) in [4.78, 5) is 23.3. The van der Waals surface area contributed by atoms with E-state index >= 15 is 0 Å². The number of epoxide rings is 1. The second kappa shape index (κ2) is 7.05. The average Bonchev–Trinajstić information content (AvgIpc) is 3.45. The summed E-state index contributed by atoms with van der Waals surface area (Å²) in [6.07, 6.45) is -0.642. The molecule has 29 heavy (non-hydrogen) atoms. The van der Waals surface area contributed by atoms with Crippen molar-refractivity contribution in [3.05, 3.63) is 69.8 Å². The fourth-order valence-electron chi connectivity index (χ4n) is 3.16. The van der Waals surface area contributed by atoms with Gasteiger partial charge in [0.1, 0.15) is 11.8 Å². The summed E-state index contributed by atoms with van der Waals surface area (Å²) >= 11 is 0. The van der Waals surface area contributed by atoms with Crippen molar-refractivity contribution >= 4 is 27.2 Å². The molecule has 1 saturated heterocycles. The Morgan fingerprint density at radius 1 is 1.24 bits per heavy atom. The molecule has 2 aromatic carbocycles. The molecule has 2 aliphatic heterocycles. The van der Waals surface area contributed by atoms with Gasteiger partial charge in [0.25, 0.3) is 15.7 Å². The van der Waals surface area contributed by atoms with Crippen molar-refractivity contribution in [1.82, 2.24) is 4.41 Å². The van der Waals surface area contributed by atoms with E-state index < -0.39 is 32.8 Å². The predicted molar refractivity (Wildman–Crippen MR) is 103 cm³/mol. The fraction of sp³-hybridized carbons (Fsp3) is 0.263. The van der Waals surface area contributed by atoms with Gasteiger partial charge in [0.05, 0.1) is 28.9 Å². The van der Waals surface area contributed by atoms with E-state index in [0.717, 1.165) is 9.98 Å². The van der Waals surface area contributed by atoms with E-state index in [9.17, 15) is 23.3 Å². The minimum atomic E-state index is -3.98. The number of non-ortho nitro benzene ring substituents is 1. The van der Waals surface area contributed by atoms with Crippen LogP contribution in [0.2, 0.25) is 0 Å². The Kier molecular flexibility index (Phi) is 4.67. The Labute approximate surface area is 166 Å². The number of aryl methyl sites for hydroxylation is 1. The van der Waals surface area contributed by atoms with Gasteiger partial charge in [0.15, 0.2) is 0 Å². The number of rotatable bonds is 6. The van der Waals surface area contributed by atoms with Gasteiger partial charge in [0.2, 0.25) is 5.78 Å². The van der Waals surface area contributed by atoms with Crippen LogP contribution in [0.3, 0.4) is 0 Å². The van der Waals surface area contributed by atoms with E-state index in [1.54, 1.807) is 18.2 Å². The van der Waals surface area contributed by atoms with Crippen molar-refractivity contribution in [2.75, 3.05) is 13.2 Å². The van der Waals surface area contributed by atoms with Crippen molar-refractivity contribution in [3.8, 4) is 0 Å². The number of carbonyl (C=O) groups excluding carboxylic acids is 1. The maximum Gasteiger partial charge on any atom is 0.279 e. The summed E-state index contributed by atoms with van der Waals surface area (Å²) in [5.41, 5.74) is 1.25. The number of hydrogen-bond donors (Lipinski definition) is 0. The number of nitro benzene ring substituents is 1. The molecule has 0 radical (unpaired) electrons. The standard InChI is InChI=1S/C19H17N3O6S/c1-12-5-7-15(8-6-12)29(26,27)21-10-16(18(20-21)19(23)17-11-28-17)13-3-2-4-14(9-13)22(24)25/h2-9,16-17H,10-11H2,1H3/t16-,17-/m1/s1. The molecular formula is C19H17N3O6S. The number of benzene rings is 2. The third-order valence-corrected chi connectivity index (χ3v) is 6.50. The molecule has 0 aliphatic carbocycles. The molecule has 0 N–H and O–H groups in total. The summed E-state index contributed by atoms with van der Waals surface area (Å²) in [6, 6.07) is 12.1. The lowest BCUT2D eigenvalue weighted by Gasteiger charge is -2.16. The molecule has 9 nitrogen and oxygen atoms in total. The number of nitrogens with zero attached hydrogens (tertiary/aromatic N) is 3. The van der Waals surface area contributed by atoms with Crippen LogP contribution >= 0.6 is 0 Å². The van der Waals surface area contributed by atoms with Crippen LogP contribution in [0.1, 0.15) is 17.0 Å². The average molecular weight is 415 g/mol. The first-order valence-corrected chi connectivity index (χ1v) is 10.3. The highest BCUT2D eigenvalue weighted by Crippen LogP contribution is 2.33. The SMILES string of the molecule is Cc1ccc(S(=O)(=O)N2C[C@H](c3cccc([N+](=O)[O-])c3)C(C(=O)[C@H]3CO3)=N2)cc1. The monoisotopic (exact) mass is 415 g/mol. The van der Waals surface area contributed by atoms with Crippen LogP contribution in [0.15, 0.2) is 58.5 Å². The molecule has 0 spiro atoms. The third-order valence-electron chi connectivity index (χ3n) is 4.85. The third kappa shape index (κ3) is 3.64. The molecule has 10 heteroatoms. The first kappa shape index (κ1) is 19.2. The number of hydrazone groups is 1. The van der Waals surface area contributed by atoms with Gasteiger partial charge in [-0.05, 0) is 24.6 Å². The molecular weight excluding hydrogens is 398 g/mol. The largest absolute Gasteiger partial charge is 0.364 e. The van der Waals surface area contributed by atoms with Gasteiger partial charge in [-0.3, -0.25) is 14.9 Å². The van der Waals surface area contributed by atoms with Crippen LogP contribution in [-0.4, -0.2) is 48.5 Å².